The third-order valence-corrected chi connectivity index (χ3v) is 6.39. The van der Waals surface area contributed by atoms with Crippen molar-refractivity contribution in [3.8, 4) is 11.3 Å². The van der Waals surface area contributed by atoms with Crippen molar-refractivity contribution < 1.29 is 14.3 Å². The number of hydrogen-bond acceptors (Lipinski definition) is 5. The van der Waals surface area contributed by atoms with Crippen LogP contribution < -0.4 is 15.1 Å². The van der Waals surface area contributed by atoms with Gasteiger partial charge >= 0.3 is 5.97 Å². The zero-order valence-corrected chi connectivity index (χ0v) is 20.1. The topological polar surface area (TPSA) is 81.8 Å². The van der Waals surface area contributed by atoms with Gasteiger partial charge in [0.2, 0.25) is 0 Å². The summed E-state index contributed by atoms with van der Waals surface area (Å²) >= 11 is 5.78. The van der Waals surface area contributed by atoms with Crippen LogP contribution in [0.15, 0.2) is 89.5 Å². The van der Waals surface area contributed by atoms with E-state index in [1.165, 1.54) is 0 Å². The van der Waals surface area contributed by atoms with Crippen LogP contribution in [0.25, 0.3) is 11.3 Å². The molecule has 2 aromatic heterocycles. The Kier molecular flexibility index (Phi) is 5.96. The largest absolute Gasteiger partial charge is 0.478 e. The lowest BCUT2D eigenvalue weighted by Crippen LogP contribution is -2.29. The molecule has 2 aromatic carbocycles. The molecule has 35 heavy (non-hydrogen) atoms. The van der Waals surface area contributed by atoms with E-state index in [-0.39, 0.29) is 17.6 Å². The van der Waals surface area contributed by atoms with Crippen molar-refractivity contribution in [2.45, 2.75) is 12.1 Å². The quantitative estimate of drug-likeness (QED) is 0.358. The van der Waals surface area contributed by atoms with Crippen molar-refractivity contribution in [2.75, 3.05) is 23.9 Å². The molecule has 8 heteroatoms. The summed E-state index contributed by atoms with van der Waals surface area (Å²) in [5.74, 6) is 0.413. The summed E-state index contributed by atoms with van der Waals surface area (Å²) in [5, 5.41) is 13.2. The molecule has 3 heterocycles. The minimum absolute atomic E-state index is 0.217. The van der Waals surface area contributed by atoms with E-state index in [0.29, 0.717) is 10.9 Å². The Hall–Kier alpha value is -4.17. The second-order valence-electron chi connectivity index (χ2n) is 8.49. The van der Waals surface area contributed by atoms with Gasteiger partial charge in [-0.2, -0.15) is 0 Å². The summed E-state index contributed by atoms with van der Waals surface area (Å²) in [6.07, 6.45) is 1.77. The zero-order valence-electron chi connectivity index (χ0n) is 19.3. The maximum absolute atomic E-state index is 11.2. The van der Waals surface area contributed by atoms with Gasteiger partial charge in [-0.05, 0) is 72.9 Å². The molecule has 2 N–H and O–H groups in total. The SMILES string of the molecule is CN(C)c1ccc(N2C(=S)N[C@H](c3ccccn3)[C@@H]2c2ccc(-c3ccc(C(=O)O)cc3)o2)cc1. The molecule has 5 rings (SSSR count). The van der Waals surface area contributed by atoms with Gasteiger partial charge in [-0.1, -0.05) is 18.2 Å². The van der Waals surface area contributed by atoms with Crippen LogP contribution in [-0.2, 0) is 0 Å². The fourth-order valence-corrected chi connectivity index (χ4v) is 4.62. The Balaban J connectivity index is 1.55. The number of furan rings is 1. The monoisotopic (exact) mass is 484 g/mol. The van der Waals surface area contributed by atoms with E-state index >= 15 is 0 Å². The standard InChI is InChI=1S/C27H24N4O3S/c1-30(2)19-10-12-20(13-11-19)31-25(24(29-27(31)35)21-5-3-4-16-28-21)23-15-14-22(34-23)17-6-8-18(9-7-17)26(32)33/h3-16,24-25H,1-2H3,(H,29,35)(H,32,33)/t24-,25+/m1/s1. The fraction of sp³-hybridized carbons (Fsp3) is 0.148. The molecule has 0 spiro atoms. The molecule has 176 valence electrons. The molecule has 0 unspecified atom stereocenters. The van der Waals surface area contributed by atoms with Gasteiger partial charge in [0.15, 0.2) is 5.11 Å². The average molecular weight is 485 g/mol. The maximum atomic E-state index is 11.2. The number of rotatable bonds is 6. The molecule has 0 aliphatic carbocycles. The number of benzene rings is 2. The van der Waals surface area contributed by atoms with E-state index in [4.69, 9.17) is 16.6 Å². The zero-order chi connectivity index (χ0) is 24.5. The number of hydrogen-bond donors (Lipinski definition) is 2. The predicted octanol–water partition coefficient (Wildman–Crippen LogP) is 5.28. The smallest absolute Gasteiger partial charge is 0.335 e. The predicted molar refractivity (Wildman–Crippen MR) is 140 cm³/mol. The van der Waals surface area contributed by atoms with Crippen molar-refractivity contribution in [3.63, 3.8) is 0 Å². The Labute approximate surface area is 208 Å². The van der Waals surface area contributed by atoms with Crippen molar-refractivity contribution in [1.29, 1.82) is 0 Å². The lowest BCUT2D eigenvalue weighted by molar-refractivity contribution is 0.0697. The molecule has 1 saturated heterocycles. The third kappa shape index (κ3) is 4.36. The van der Waals surface area contributed by atoms with Gasteiger partial charge in [0, 0.05) is 37.2 Å². The van der Waals surface area contributed by atoms with Crippen LogP contribution in [-0.4, -0.2) is 35.3 Å². The molecule has 2 atom stereocenters. The van der Waals surface area contributed by atoms with E-state index in [1.54, 1.807) is 30.5 Å². The molecule has 1 fully saturated rings. The maximum Gasteiger partial charge on any atom is 0.335 e. The molecule has 0 amide bonds. The normalized spacial score (nSPS) is 17.3. The molecule has 1 aliphatic heterocycles. The first kappa shape index (κ1) is 22.6. The fourth-order valence-electron chi connectivity index (χ4n) is 4.28. The molecule has 4 aromatic rings. The number of carbonyl (C=O) groups is 1. The highest BCUT2D eigenvalue weighted by Crippen LogP contribution is 2.43. The van der Waals surface area contributed by atoms with Crippen LogP contribution in [0.2, 0.25) is 0 Å². The second kappa shape index (κ2) is 9.23. The minimum Gasteiger partial charge on any atom is -0.478 e. The van der Waals surface area contributed by atoms with Crippen LogP contribution in [0.4, 0.5) is 11.4 Å². The van der Waals surface area contributed by atoms with Crippen LogP contribution >= 0.6 is 12.2 Å². The number of nitrogens with zero attached hydrogens (tertiary/aromatic N) is 3. The third-order valence-electron chi connectivity index (χ3n) is 6.08. The first-order valence-corrected chi connectivity index (χ1v) is 11.5. The molecule has 1 aliphatic rings. The Morgan fingerprint density at radius 2 is 1.77 bits per heavy atom. The van der Waals surface area contributed by atoms with Gasteiger partial charge in [-0.15, -0.1) is 0 Å². The number of nitrogens with one attached hydrogen (secondary N) is 1. The van der Waals surface area contributed by atoms with Crippen molar-refractivity contribution >= 4 is 34.7 Å². The van der Waals surface area contributed by atoms with Crippen LogP contribution in [0.1, 0.15) is 33.9 Å². The highest BCUT2D eigenvalue weighted by atomic mass is 32.1. The van der Waals surface area contributed by atoms with Gasteiger partial charge < -0.3 is 24.6 Å². The summed E-state index contributed by atoms with van der Waals surface area (Å²) in [7, 11) is 4.01. The average Bonchev–Trinajstić information content (AvgIpc) is 3.49. The highest BCUT2D eigenvalue weighted by Gasteiger charge is 2.42. The van der Waals surface area contributed by atoms with Crippen molar-refractivity contribution in [3.05, 3.63) is 102 Å². The lowest BCUT2D eigenvalue weighted by Gasteiger charge is -2.26. The number of aromatic carboxylic acids is 1. The van der Waals surface area contributed by atoms with E-state index in [2.05, 4.69) is 27.3 Å². The molecule has 7 nitrogen and oxygen atoms in total. The van der Waals surface area contributed by atoms with Gasteiger partial charge in [-0.25, -0.2) is 4.79 Å². The highest BCUT2D eigenvalue weighted by molar-refractivity contribution is 7.80. The van der Waals surface area contributed by atoms with Crippen molar-refractivity contribution in [1.82, 2.24) is 10.3 Å². The Morgan fingerprint density at radius 1 is 1.03 bits per heavy atom. The number of aromatic nitrogens is 1. The van der Waals surface area contributed by atoms with E-state index < -0.39 is 5.97 Å². The number of anilines is 2. The first-order valence-electron chi connectivity index (χ1n) is 11.1. The van der Waals surface area contributed by atoms with E-state index in [1.807, 2.05) is 61.5 Å². The minimum atomic E-state index is -0.962. The molecular formula is C27H24N4O3S. The van der Waals surface area contributed by atoms with Gasteiger partial charge in [-0.3, -0.25) is 4.98 Å². The Bertz CT molecular complexity index is 1350. The second-order valence-corrected chi connectivity index (χ2v) is 8.88. The summed E-state index contributed by atoms with van der Waals surface area (Å²) in [5.41, 5.74) is 3.92. The lowest BCUT2D eigenvalue weighted by atomic mass is 10.0. The van der Waals surface area contributed by atoms with Crippen molar-refractivity contribution in [2.24, 2.45) is 0 Å². The molecule has 0 radical (unpaired) electrons. The van der Waals surface area contributed by atoms with Gasteiger partial charge in [0.1, 0.15) is 17.6 Å². The van der Waals surface area contributed by atoms with Crippen LogP contribution in [0.5, 0.6) is 0 Å². The number of thiocarbonyl (C=S) groups is 1. The Morgan fingerprint density at radius 3 is 2.40 bits per heavy atom. The molecule has 0 saturated carbocycles. The van der Waals surface area contributed by atoms with Crippen LogP contribution in [0.3, 0.4) is 0 Å². The van der Waals surface area contributed by atoms with Crippen LogP contribution in [0, 0.1) is 0 Å². The summed E-state index contributed by atoms with van der Waals surface area (Å²) in [6, 6.07) is 24.0. The van der Waals surface area contributed by atoms with E-state index in [9.17, 15) is 9.90 Å². The number of carboxylic acids is 1. The summed E-state index contributed by atoms with van der Waals surface area (Å²) in [6.45, 7) is 0. The number of pyridine rings is 1. The molecule has 0 bridgehead atoms. The molecular weight excluding hydrogens is 460 g/mol. The first-order chi connectivity index (χ1) is 16.9. The summed E-state index contributed by atoms with van der Waals surface area (Å²) < 4.78 is 6.34. The number of carboxylic acid groups (broad SMARTS) is 1. The van der Waals surface area contributed by atoms with Gasteiger partial charge in [0.05, 0.1) is 17.3 Å². The van der Waals surface area contributed by atoms with E-state index in [0.717, 1.165) is 28.4 Å². The van der Waals surface area contributed by atoms with Gasteiger partial charge in [0.25, 0.3) is 0 Å². The summed E-state index contributed by atoms with van der Waals surface area (Å²) in [4.78, 5) is 19.9.